The number of anilines is 3. The summed E-state index contributed by atoms with van der Waals surface area (Å²) >= 11 is 0. The van der Waals surface area contributed by atoms with Gasteiger partial charge in [0, 0.05) is 37.5 Å². The Hall–Kier alpha value is -3.09. The average molecular weight is 356 g/mol. The van der Waals surface area contributed by atoms with Gasteiger partial charge in [-0.15, -0.1) is 0 Å². The Morgan fingerprint density at radius 1 is 1.08 bits per heavy atom. The molecule has 0 amide bonds. The summed E-state index contributed by atoms with van der Waals surface area (Å²) in [6, 6.07) is 12.3. The van der Waals surface area contributed by atoms with Crippen LogP contribution < -0.4 is 9.80 Å². The maximum atomic E-state index is 13.5. The number of H-pyrrole nitrogens is 1. The molecule has 0 spiro atoms. The van der Waals surface area contributed by atoms with Gasteiger partial charge in [-0.2, -0.15) is 5.10 Å². The largest absolute Gasteiger partial charge is 0.505 e. The molecule has 26 heavy (non-hydrogen) atoms. The van der Waals surface area contributed by atoms with Crippen molar-refractivity contribution in [3.05, 3.63) is 65.7 Å². The van der Waals surface area contributed by atoms with E-state index in [0.29, 0.717) is 18.1 Å². The number of nitrogens with zero attached hydrogens (tertiary/aromatic N) is 3. The lowest BCUT2D eigenvalue weighted by Crippen LogP contribution is -2.37. The van der Waals surface area contributed by atoms with Crippen LogP contribution in [-0.4, -0.2) is 28.4 Å². The van der Waals surface area contributed by atoms with Gasteiger partial charge in [0.2, 0.25) is 0 Å². The number of benzene rings is 2. The second-order valence-corrected chi connectivity index (χ2v) is 6.30. The van der Waals surface area contributed by atoms with Crippen molar-refractivity contribution in [1.29, 1.82) is 0 Å². The SMILES string of the molecule is Oc1cc(N(Cc2ccc(F)cc2)c2cc(N3CCC3)n[nH]2)ccc1F. The van der Waals surface area contributed by atoms with Crippen LogP contribution in [-0.2, 0) is 6.54 Å². The summed E-state index contributed by atoms with van der Waals surface area (Å²) in [6.45, 7) is 2.35. The highest BCUT2D eigenvalue weighted by Crippen LogP contribution is 2.32. The summed E-state index contributed by atoms with van der Waals surface area (Å²) in [5.41, 5.74) is 1.47. The number of hydrogen-bond donors (Lipinski definition) is 2. The molecule has 2 aromatic carbocycles. The fraction of sp³-hybridized carbons (Fsp3) is 0.211. The fourth-order valence-corrected chi connectivity index (χ4v) is 2.90. The van der Waals surface area contributed by atoms with Gasteiger partial charge < -0.3 is 14.9 Å². The number of phenols is 1. The minimum absolute atomic E-state index is 0.304. The highest BCUT2D eigenvalue weighted by atomic mass is 19.1. The number of rotatable bonds is 5. The molecule has 0 aliphatic carbocycles. The average Bonchev–Trinajstić information content (AvgIpc) is 3.04. The Labute approximate surface area is 149 Å². The molecule has 1 aliphatic rings. The van der Waals surface area contributed by atoms with Crippen LogP contribution in [0.4, 0.5) is 26.1 Å². The van der Waals surface area contributed by atoms with Gasteiger partial charge in [-0.25, -0.2) is 8.78 Å². The molecule has 1 saturated heterocycles. The van der Waals surface area contributed by atoms with Crippen LogP contribution >= 0.6 is 0 Å². The zero-order valence-electron chi connectivity index (χ0n) is 14.0. The summed E-state index contributed by atoms with van der Waals surface area (Å²) in [4.78, 5) is 4.01. The van der Waals surface area contributed by atoms with E-state index in [2.05, 4.69) is 15.1 Å². The predicted molar refractivity (Wildman–Crippen MR) is 95.7 cm³/mol. The van der Waals surface area contributed by atoms with Crippen LogP contribution in [0.2, 0.25) is 0 Å². The third kappa shape index (κ3) is 3.20. The Morgan fingerprint density at radius 3 is 2.50 bits per heavy atom. The van der Waals surface area contributed by atoms with Crippen molar-refractivity contribution >= 4 is 17.3 Å². The number of nitrogens with one attached hydrogen (secondary N) is 1. The lowest BCUT2D eigenvalue weighted by atomic mass is 10.2. The Morgan fingerprint density at radius 2 is 1.85 bits per heavy atom. The van der Waals surface area contributed by atoms with Crippen molar-refractivity contribution in [2.45, 2.75) is 13.0 Å². The summed E-state index contributed by atoms with van der Waals surface area (Å²) in [5.74, 6) is 0.153. The zero-order valence-corrected chi connectivity index (χ0v) is 14.0. The van der Waals surface area contributed by atoms with Gasteiger partial charge in [0.25, 0.3) is 0 Å². The lowest BCUT2D eigenvalue weighted by molar-refractivity contribution is 0.432. The Balaban J connectivity index is 1.68. The lowest BCUT2D eigenvalue weighted by Gasteiger charge is -2.30. The molecule has 1 aromatic heterocycles. The van der Waals surface area contributed by atoms with Gasteiger partial charge in [0.15, 0.2) is 17.4 Å². The molecule has 1 aliphatic heterocycles. The number of halogens is 2. The number of phenolic OH excluding ortho intramolecular Hbond substituents is 1. The molecule has 0 radical (unpaired) electrons. The van der Waals surface area contributed by atoms with Crippen molar-refractivity contribution in [2.24, 2.45) is 0 Å². The molecule has 5 nitrogen and oxygen atoms in total. The van der Waals surface area contributed by atoms with Crippen LogP contribution in [0.15, 0.2) is 48.5 Å². The highest BCUT2D eigenvalue weighted by molar-refractivity contribution is 5.65. The molecule has 4 rings (SSSR count). The third-order valence-electron chi connectivity index (χ3n) is 4.52. The first-order valence-corrected chi connectivity index (χ1v) is 8.41. The summed E-state index contributed by atoms with van der Waals surface area (Å²) in [5, 5.41) is 17.1. The number of aromatic amines is 1. The van der Waals surface area contributed by atoms with Crippen LogP contribution in [0, 0.1) is 11.6 Å². The van der Waals surface area contributed by atoms with Gasteiger partial charge in [0.1, 0.15) is 11.6 Å². The fourth-order valence-electron chi connectivity index (χ4n) is 2.90. The quantitative estimate of drug-likeness (QED) is 0.727. The van der Waals surface area contributed by atoms with Crippen LogP contribution in [0.1, 0.15) is 12.0 Å². The normalized spacial score (nSPS) is 13.5. The van der Waals surface area contributed by atoms with Gasteiger partial charge in [-0.1, -0.05) is 12.1 Å². The van der Waals surface area contributed by atoms with Gasteiger partial charge in [-0.3, -0.25) is 5.10 Å². The first-order valence-electron chi connectivity index (χ1n) is 8.41. The highest BCUT2D eigenvalue weighted by Gasteiger charge is 2.20. The van der Waals surface area contributed by atoms with Gasteiger partial charge >= 0.3 is 0 Å². The van der Waals surface area contributed by atoms with E-state index in [4.69, 9.17) is 0 Å². The van der Waals surface area contributed by atoms with Gasteiger partial charge in [0.05, 0.1) is 0 Å². The second kappa shape index (κ2) is 6.67. The topological polar surface area (TPSA) is 55.4 Å². The minimum atomic E-state index is -0.679. The summed E-state index contributed by atoms with van der Waals surface area (Å²) in [7, 11) is 0. The van der Waals surface area contributed by atoms with Gasteiger partial charge in [-0.05, 0) is 36.2 Å². The number of aromatic nitrogens is 2. The first-order chi connectivity index (χ1) is 12.6. The maximum absolute atomic E-state index is 13.5. The molecule has 0 saturated carbocycles. The summed E-state index contributed by atoms with van der Waals surface area (Å²) < 4.78 is 26.7. The van der Waals surface area contributed by atoms with E-state index in [9.17, 15) is 13.9 Å². The molecular formula is C19H18F2N4O. The molecule has 0 atom stereocenters. The van der Waals surface area contributed by atoms with Crippen LogP contribution in [0.25, 0.3) is 0 Å². The predicted octanol–water partition coefficient (Wildman–Crippen LogP) is 3.94. The van der Waals surface area contributed by atoms with E-state index in [-0.39, 0.29) is 5.82 Å². The molecule has 0 bridgehead atoms. The molecular weight excluding hydrogens is 338 g/mol. The van der Waals surface area contributed by atoms with E-state index in [1.54, 1.807) is 18.2 Å². The zero-order chi connectivity index (χ0) is 18.1. The van der Waals surface area contributed by atoms with E-state index < -0.39 is 11.6 Å². The Kier molecular flexibility index (Phi) is 4.20. The Bertz CT molecular complexity index is 906. The van der Waals surface area contributed by atoms with E-state index in [1.807, 2.05) is 11.0 Å². The molecule has 2 heterocycles. The smallest absolute Gasteiger partial charge is 0.164 e. The molecule has 1 fully saturated rings. The molecule has 0 unspecified atom stereocenters. The number of aromatic hydroxyl groups is 1. The van der Waals surface area contributed by atoms with Crippen molar-refractivity contribution in [1.82, 2.24) is 10.2 Å². The minimum Gasteiger partial charge on any atom is -0.505 e. The molecule has 2 N–H and O–H groups in total. The second-order valence-electron chi connectivity index (χ2n) is 6.30. The third-order valence-corrected chi connectivity index (χ3v) is 4.52. The van der Waals surface area contributed by atoms with E-state index >= 15 is 0 Å². The standard InChI is InChI=1S/C19H18F2N4O/c20-14-4-2-13(3-5-14)12-25(15-6-7-16(21)17(26)10-15)19-11-18(22-23-19)24-8-1-9-24/h2-7,10-11,26H,1,8-9,12H2,(H,22,23). The van der Waals surface area contributed by atoms with Crippen molar-refractivity contribution < 1.29 is 13.9 Å². The maximum Gasteiger partial charge on any atom is 0.164 e. The molecule has 7 heteroatoms. The van der Waals surface area contributed by atoms with Crippen LogP contribution in [0.3, 0.4) is 0 Å². The van der Waals surface area contributed by atoms with Crippen molar-refractivity contribution in [3.8, 4) is 5.75 Å². The van der Waals surface area contributed by atoms with Crippen molar-refractivity contribution in [2.75, 3.05) is 22.9 Å². The van der Waals surface area contributed by atoms with Crippen LogP contribution in [0.5, 0.6) is 5.75 Å². The monoisotopic (exact) mass is 356 g/mol. The molecule has 134 valence electrons. The molecule has 3 aromatic rings. The van der Waals surface area contributed by atoms with Crippen molar-refractivity contribution in [3.63, 3.8) is 0 Å². The summed E-state index contributed by atoms with van der Waals surface area (Å²) in [6.07, 6.45) is 1.15. The van der Waals surface area contributed by atoms with E-state index in [0.717, 1.165) is 30.9 Å². The van der Waals surface area contributed by atoms with E-state index in [1.165, 1.54) is 24.3 Å². The number of hydrogen-bond acceptors (Lipinski definition) is 4. The first kappa shape index (κ1) is 16.4.